The van der Waals surface area contributed by atoms with Crippen LogP contribution in [-0.4, -0.2) is 32.3 Å². The van der Waals surface area contributed by atoms with Gasteiger partial charge < -0.3 is 5.32 Å². The van der Waals surface area contributed by atoms with Crippen molar-refractivity contribution in [1.29, 1.82) is 0 Å². The summed E-state index contributed by atoms with van der Waals surface area (Å²) in [6, 6.07) is -0.388. The zero-order valence-electron chi connectivity index (χ0n) is 13.1. The van der Waals surface area contributed by atoms with Crippen molar-refractivity contribution >= 4 is 28.7 Å². The molecule has 0 saturated carbocycles. The molecule has 1 amide bonds. The number of halogens is 1. The fourth-order valence-corrected chi connectivity index (χ4v) is 2.77. The van der Waals surface area contributed by atoms with Crippen molar-refractivity contribution in [2.75, 3.05) is 7.05 Å². The Morgan fingerprint density at radius 2 is 2.10 bits per heavy atom. The average Bonchev–Trinajstić information content (AvgIpc) is 2.97. The number of fused-ring (bicyclic) bond motifs is 1. The molecule has 116 valence electrons. The highest BCUT2D eigenvalue weighted by atomic mass is 35.5. The number of hydrogen-bond acceptors (Lipinski definition) is 3. The van der Waals surface area contributed by atoms with Gasteiger partial charge in [0, 0.05) is 14.1 Å². The summed E-state index contributed by atoms with van der Waals surface area (Å²) in [5.74, 6) is 0.624. The van der Waals surface area contributed by atoms with Gasteiger partial charge in [0.05, 0.1) is 11.1 Å². The minimum atomic E-state index is -0.388. The van der Waals surface area contributed by atoms with Crippen LogP contribution in [0.25, 0.3) is 11.2 Å². The third kappa shape index (κ3) is 2.64. The lowest BCUT2D eigenvalue weighted by atomic mass is 10.2. The number of carbonyl (C=O) groups is 1. The molecule has 0 aliphatic rings. The predicted molar refractivity (Wildman–Crippen MR) is 83.5 cm³/mol. The summed E-state index contributed by atoms with van der Waals surface area (Å²) in [7, 11) is 3.50. The maximum Gasteiger partial charge on any atom is 0.242 e. The molecule has 2 aromatic rings. The van der Waals surface area contributed by atoms with Gasteiger partial charge >= 0.3 is 0 Å². The number of carbonyl (C=O) groups excluding carboxylic acids is 1. The number of nitrogens with one attached hydrogen (secondary N) is 1. The van der Waals surface area contributed by atoms with E-state index in [9.17, 15) is 4.79 Å². The molecule has 2 rings (SSSR count). The van der Waals surface area contributed by atoms with Crippen LogP contribution in [0.2, 0.25) is 0 Å². The number of aromatic nitrogens is 4. The van der Waals surface area contributed by atoms with Crippen LogP contribution in [0, 0.1) is 0 Å². The molecule has 0 aliphatic carbocycles. The molecule has 0 fully saturated rings. The summed E-state index contributed by atoms with van der Waals surface area (Å²) in [4.78, 5) is 16.7. The highest BCUT2D eigenvalue weighted by Gasteiger charge is 2.26. The van der Waals surface area contributed by atoms with Gasteiger partial charge in [-0.2, -0.15) is 5.10 Å². The monoisotopic (exact) mass is 311 g/mol. The van der Waals surface area contributed by atoms with Crippen LogP contribution < -0.4 is 5.32 Å². The molecule has 0 spiro atoms. The second kappa shape index (κ2) is 6.05. The number of nitrogens with zero attached hydrogens (tertiary/aromatic N) is 4. The minimum Gasteiger partial charge on any atom is -0.357 e. The van der Waals surface area contributed by atoms with Gasteiger partial charge in [0.2, 0.25) is 5.91 Å². The zero-order valence-corrected chi connectivity index (χ0v) is 13.9. The Hall–Kier alpha value is -1.56. The van der Waals surface area contributed by atoms with Gasteiger partial charge in [-0.25, -0.2) is 4.98 Å². The van der Waals surface area contributed by atoms with Crippen LogP contribution >= 0.6 is 11.6 Å². The molecule has 0 aliphatic heterocycles. The van der Waals surface area contributed by atoms with Crippen molar-refractivity contribution in [3.8, 4) is 0 Å². The lowest BCUT2D eigenvalue weighted by Crippen LogP contribution is -2.29. The molecular formula is C14H22ClN5O. The maximum absolute atomic E-state index is 12.0. The number of hydrogen-bond donors (Lipinski definition) is 1. The van der Waals surface area contributed by atoms with Gasteiger partial charge in [-0.3, -0.25) is 14.0 Å². The van der Waals surface area contributed by atoms with Gasteiger partial charge in [0.15, 0.2) is 5.65 Å². The van der Waals surface area contributed by atoms with Crippen LogP contribution in [0.1, 0.15) is 50.1 Å². The van der Waals surface area contributed by atoms with Gasteiger partial charge in [0.25, 0.3) is 0 Å². The molecular weight excluding hydrogens is 290 g/mol. The lowest BCUT2D eigenvalue weighted by Gasteiger charge is -2.17. The third-order valence-corrected chi connectivity index (χ3v) is 3.81. The van der Waals surface area contributed by atoms with Gasteiger partial charge in [-0.05, 0) is 20.3 Å². The van der Waals surface area contributed by atoms with Crippen LogP contribution in [0.4, 0.5) is 0 Å². The first-order valence-electron chi connectivity index (χ1n) is 7.21. The van der Waals surface area contributed by atoms with E-state index in [4.69, 9.17) is 11.6 Å². The quantitative estimate of drug-likeness (QED) is 0.862. The summed E-state index contributed by atoms with van der Waals surface area (Å²) in [6.45, 7) is 5.81. The third-order valence-electron chi connectivity index (χ3n) is 3.62. The Morgan fingerprint density at radius 1 is 1.43 bits per heavy atom. The fourth-order valence-electron chi connectivity index (χ4n) is 2.61. The standard InChI is InChI=1S/C14H22ClN5O/c1-6-7-10-11-14(19(5)18-10)20(9(3)13(21)16-4)12(17-11)8(2)15/h8-9H,6-7H2,1-5H3,(H,16,21). The van der Waals surface area contributed by atoms with E-state index in [0.29, 0.717) is 5.82 Å². The molecule has 21 heavy (non-hydrogen) atoms. The summed E-state index contributed by atoms with van der Waals surface area (Å²) in [6.07, 6.45) is 1.86. The molecule has 0 aromatic carbocycles. The largest absolute Gasteiger partial charge is 0.357 e. The summed E-state index contributed by atoms with van der Waals surface area (Å²) >= 11 is 6.27. The Morgan fingerprint density at radius 3 is 2.62 bits per heavy atom. The molecule has 0 saturated heterocycles. The first-order valence-corrected chi connectivity index (χ1v) is 7.65. The first-order chi connectivity index (χ1) is 9.92. The van der Waals surface area contributed by atoms with Crippen molar-refractivity contribution in [2.24, 2.45) is 7.05 Å². The minimum absolute atomic E-state index is 0.0777. The van der Waals surface area contributed by atoms with E-state index in [0.717, 1.165) is 29.7 Å². The number of rotatable bonds is 5. The van der Waals surface area contributed by atoms with E-state index in [1.807, 2.05) is 25.5 Å². The van der Waals surface area contributed by atoms with E-state index in [2.05, 4.69) is 22.3 Å². The molecule has 7 heteroatoms. The molecule has 1 N–H and O–H groups in total. The zero-order chi connectivity index (χ0) is 15.7. The second-order valence-corrected chi connectivity index (χ2v) is 5.89. The maximum atomic E-state index is 12.0. The summed E-state index contributed by atoms with van der Waals surface area (Å²) < 4.78 is 3.67. The lowest BCUT2D eigenvalue weighted by molar-refractivity contribution is -0.123. The molecule has 2 aromatic heterocycles. The smallest absolute Gasteiger partial charge is 0.242 e. The van der Waals surface area contributed by atoms with Crippen molar-refractivity contribution in [3.63, 3.8) is 0 Å². The van der Waals surface area contributed by atoms with Crippen molar-refractivity contribution in [3.05, 3.63) is 11.5 Å². The van der Waals surface area contributed by atoms with E-state index in [1.54, 1.807) is 11.7 Å². The Bertz CT molecular complexity index is 658. The van der Waals surface area contributed by atoms with Crippen molar-refractivity contribution < 1.29 is 4.79 Å². The van der Waals surface area contributed by atoms with Gasteiger partial charge in [-0.1, -0.05) is 13.3 Å². The number of amides is 1. The van der Waals surface area contributed by atoms with Gasteiger partial charge in [-0.15, -0.1) is 11.6 Å². The molecule has 2 unspecified atom stereocenters. The van der Waals surface area contributed by atoms with E-state index >= 15 is 0 Å². The second-order valence-electron chi connectivity index (χ2n) is 5.24. The highest BCUT2D eigenvalue weighted by molar-refractivity contribution is 6.20. The molecule has 2 heterocycles. The van der Waals surface area contributed by atoms with Gasteiger partial charge in [0.1, 0.15) is 17.4 Å². The van der Waals surface area contributed by atoms with E-state index in [-0.39, 0.29) is 17.3 Å². The number of imidazole rings is 1. The SMILES string of the molecule is CCCc1nn(C)c2c1nc(C(C)Cl)n2C(C)C(=O)NC. The Kier molecular flexibility index (Phi) is 4.56. The van der Waals surface area contributed by atoms with Crippen LogP contribution in [0.5, 0.6) is 0 Å². The Balaban J connectivity index is 2.70. The summed E-state index contributed by atoms with van der Waals surface area (Å²) in [5.41, 5.74) is 2.64. The molecule has 6 nitrogen and oxygen atoms in total. The fraction of sp³-hybridized carbons (Fsp3) is 0.643. The molecule has 0 bridgehead atoms. The average molecular weight is 312 g/mol. The molecule has 0 radical (unpaired) electrons. The van der Waals surface area contributed by atoms with Crippen LogP contribution in [0.3, 0.4) is 0 Å². The topological polar surface area (TPSA) is 64.7 Å². The van der Waals surface area contributed by atoms with E-state index in [1.165, 1.54) is 0 Å². The number of likely N-dealkylation sites (N-methyl/N-ethyl adjacent to an activating group) is 1. The van der Waals surface area contributed by atoms with Crippen LogP contribution in [0.15, 0.2) is 0 Å². The van der Waals surface area contributed by atoms with E-state index < -0.39 is 0 Å². The van der Waals surface area contributed by atoms with Crippen molar-refractivity contribution in [2.45, 2.75) is 45.0 Å². The van der Waals surface area contributed by atoms with Crippen molar-refractivity contribution in [1.82, 2.24) is 24.6 Å². The number of alkyl halides is 1. The summed E-state index contributed by atoms with van der Waals surface area (Å²) in [5, 5.41) is 6.92. The Labute approximate surface area is 129 Å². The van der Waals surface area contributed by atoms with Crippen LogP contribution in [-0.2, 0) is 18.3 Å². The highest BCUT2D eigenvalue weighted by Crippen LogP contribution is 2.29. The normalized spacial score (nSPS) is 14.4. The predicted octanol–water partition coefficient (Wildman–Crippen LogP) is 2.33. The molecule has 2 atom stereocenters. The first kappa shape index (κ1) is 15.8. The number of aryl methyl sites for hydroxylation is 2.